The van der Waals surface area contributed by atoms with Gasteiger partial charge in [0, 0.05) is 29.8 Å². The predicted octanol–water partition coefficient (Wildman–Crippen LogP) is 2.58. The van der Waals surface area contributed by atoms with Crippen LogP contribution in [0.5, 0.6) is 11.5 Å². The molecule has 1 atom stereocenters. The molecule has 2 aromatic rings. The molecule has 1 aliphatic rings. The van der Waals surface area contributed by atoms with Gasteiger partial charge in [-0.1, -0.05) is 6.07 Å². The molecule has 0 fully saturated rings. The van der Waals surface area contributed by atoms with Crippen LogP contribution in [0.2, 0.25) is 0 Å². The number of halogens is 2. The van der Waals surface area contributed by atoms with Crippen molar-refractivity contribution in [1.82, 2.24) is 5.32 Å². The number of amides is 1. The lowest BCUT2D eigenvalue weighted by molar-refractivity contribution is -0.143. The van der Waals surface area contributed by atoms with Gasteiger partial charge in [-0.25, -0.2) is 8.78 Å². The smallest absolute Gasteiger partial charge is 0.303 e. The number of aromatic hydroxyl groups is 1. The highest BCUT2D eigenvalue weighted by atomic mass is 19.1. The van der Waals surface area contributed by atoms with Gasteiger partial charge in [-0.2, -0.15) is 0 Å². The lowest BCUT2D eigenvalue weighted by Gasteiger charge is -2.29. The van der Waals surface area contributed by atoms with Gasteiger partial charge in [-0.05, 0) is 38.0 Å². The first-order valence-electron chi connectivity index (χ1n) is 10.9. The molecule has 0 radical (unpaired) electrons. The van der Waals surface area contributed by atoms with E-state index in [1.807, 2.05) is 13.8 Å². The molecule has 0 saturated carbocycles. The number of aliphatic carboxylic acids is 2. The minimum Gasteiger partial charge on any atom is -0.508 e. The Labute approximate surface area is 205 Å². The Bertz CT molecular complexity index is 1110. The van der Waals surface area contributed by atoms with Crippen LogP contribution >= 0.6 is 0 Å². The van der Waals surface area contributed by atoms with Gasteiger partial charge in [0.1, 0.15) is 23.1 Å². The van der Waals surface area contributed by atoms with Gasteiger partial charge in [-0.3, -0.25) is 14.4 Å². The van der Waals surface area contributed by atoms with E-state index in [1.165, 1.54) is 24.3 Å². The van der Waals surface area contributed by atoms with E-state index < -0.39 is 35.2 Å². The number of hydrogen-bond donors (Lipinski definition) is 6. The van der Waals surface area contributed by atoms with Crippen molar-refractivity contribution in [3.8, 4) is 11.5 Å². The van der Waals surface area contributed by atoms with Crippen molar-refractivity contribution in [1.29, 1.82) is 0 Å². The number of rotatable bonds is 9. The van der Waals surface area contributed by atoms with Gasteiger partial charge in [0.2, 0.25) is 0 Å². The maximum absolute atomic E-state index is 13.9. The van der Waals surface area contributed by atoms with Crippen molar-refractivity contribution in [2.75, 3.05) is 18.5 Å². The molecule has 36 heavy (non-hydrogen) atoms. The van der Waals surface area contributed by atoms with Crippen LogP contribution < -0.4 is 15.4 Å². The third-order valence-corrected chi connectivity index (χ3v) is 5.06. The Morgan fingerprint density at radius 1 is 1.14 bits per heavy atom. The van der Waals surface area contributed by atoms with Gasteiger partial charge in [-0.15, -0.1) is 0 Å². The standard InChI is InChI=1S/C20H22F2N2O4.C4H6O4/c1-20(2,8-11-3-4-12(21)5-15(11)22)23-9-17(26)14-6-13(25)7-16-19(14)28-10-18(27)24-16;5-3(6)1-2-4(7)8/h3-7,17,23,25-26H,8-10H2,1-2H3,(H,24,27);1-2H2,(H,5,6)(H,7,8)/t17-;/m0./s1. The lowest BCUT2D eigenvalue weighted by Crippen LogP contribution is -2.43. The molecule has 3 rings (SSSR count). The van der Waals surface area contributed by atoms with Crippen LogP contribution in [0.4, 0.5) is 14.5 Å². The molecule has 0 bridgehead atoms. The molecule has 1 amide bonds. The zero-order valence-electron chi connectivity index (χ0n) is 19.7. The van der Waals surface area contributed by atoms with E-state index in [0.29, 0.717) is 16.9 Å². The number of benzene rings is 2. The Hall–Kier alpha value is -3.77. The molecule has 1 heterocycles. The second kappa shape index (κ2) is 12.3. The summed E-state index contributed by atoms with van der Waals surface area (Å²) in [4.78, 5) is 30.7. The van der Waals surface area contributed by atoms with Gasteiger partial charge in [0.05, 0.1) is 24.6 Å². The number of carboxylic acids is 2. The summed E-state index contributed by atoms with van der Waals surface area (Å²) < 4.78 is 32.4. The zero-order valence-corrected chi connectivity index (χ0v) is 19.7. The topological polar surface area (TPSA) is 165 Å². The van der Waals surface area contributed by atoms with E-state index >= 15 is 0 Å². The first-order valence-corrected chi connectivity index (χ1v) is 10.9. The Balaban J connectivity index is 0.000000493. The van der Waals surface area contributed by atoms with Crippen LogP contribution in [0.3, 0.4) is 0 Å². The van der Waals surface area contributed by atoms with Crippen molar-refractivity contribution in [2.24, 2.45) is 0 Å². The van der Waals surface area contributed by atoms with Crippen molar-refractivity contribution in [2.45, 2.75) is 44.8 Å². The highest BCUT2D eigenvalue weighted by Crippen LogP contribution is 2.38. The number of carbonyl (C=O) groups excluding carboxylic acids is 1. The molecular formula is C24H28F2N2O8. The number of carbonyl (C=O) groups is 3. The maximum atomic E-state index is 13.9. The number of hydrogen-bond acceptors (Lipinski definition) is 7. The van der Waals surface area contributed by atoms with Crippen LogP contribution in [0.15, 0.2) is 30.3 Å². The number of aliphatic hydroxyl groups is 1. The fourth-order valence-electron chi connectivity index (χ4n) is 3.36. The molecule has 10 nitrogen and oxygen atoms in total. The fraction of sp³-hybridized carbons (Fsp3) is 0.375. The van der Waals surface area contributed by atoms with E-state index in [4.69, 9.17) is 14.9 Å². The van der Waals surface area contributed by atoms with Crippen molar-refractivity contribution < 1.29 is 48.3 Å². The Kier molecular flexibility index (Phi) is 9.70. The number of fused-ring (bicyclic) bond motifs is 1. The highest BCUT2D eigenvalue weighted by Gasteiger charge is 2.26. The summed E-state index contributed by atoms with van der Waals surface area (Å²) in [5, 5.41) is 42.0. The SMILES string of the molecule is CC(C)(Cc1ccc(F)cc1F)NC[C@H](O)c1cc(O)cc2c1OCC(=O)N2.O=C(O)CCC(=O)O. The minimum atomic E-state index is -1.08. The van der Waals surface area contributed by atoms with E-state index in [9.17, 15) is 33.4 Å². The van der Waals surface area contributed by atoms with E-state index in [0.717, 1.165) is 6.07 Å². The third-order valence-electron chi connectivity index (χ3n) is 5.06. The largest absolute Gasteiger partial charge is 0.508 e. The number of anilines is 1. The van der Waals surface area contributed by atoms with Crippen LogP contribution in [0.25, 0.3) is 0 Å². The van der Waals surface area contributed by atoms with Gasteiger partial charge in [0.25, 0.3) is 5.91 Å². The predicted molar refractivity (Wildman–Crippen MR) is 124 cm³/mol. The molecule has 12 heteroatoms. The molecule has 0 aliphatic carbocycles. The highest BCUT2D eigenvalue weighted by molar-refractivity contribution is 5.96. The van der Waals surface area contributed by atoms with Gasteiger partial charge >= 0.3 is 11.9 Å². The number of nitrogens with one attached hydrogen (secondary N) is 2. The van der Waals surface area contributed by atoms with Gasteiger partial charge < -0.3 is 35.8 Å². The third kappa shape index (κ3) is 8.78. The molecule has 0 unspecified atom stereocenters. The van der Waals surface area contributed by atoms with E-state index in [-0.39, 0.29) is 49.8 Å². The van der Waals surface area contributed by atoms with Gasteiger partial charge in [0.15, 0.2) is 6.61 Å². The lowest BCUT2D eigenvalue weighted by atomic mass is 9.94. The number of phenolic OH excluding ortho intramolecular Hbond substituents is 1. The van der Waals surface area contributed by atoms with Crippen LogP contribution in [0, 0.1) is 11.6 Å². The maximum Gasteiger partial charge on any atom is 0.303 e. The second-order valence-corrected chi connectivity index (χ2v) is 8.73. The summed E-state index contributed by atoms with van der Waals surface area (Å²) in [6.45, 7) is 3.57. The monoisotopic (exact) mass is 510 g/mol. The zero-order chi connectivity index (χ0) is 27.0. The molecule has 1 aliphatic heterocycles. The molecule has 0 aromatic heterocycles. The van der Waals surface area contributed by atoms with Crippen molar-refractivity contribution >= 4 is 23.5 Å². The van der Waals surface area contributed by atoms with Crippen LogP contribution in [0.1, 0.15) is 43.9 Å². The number of aliphatic hydroxyl groups excluding tert-OH is 1. The van der Waals surface area contributed by atoms with Crippen LogP contribution in [-0.2, 0) is 20.8 Å². The number of carboxylic acid groups (broad SMARTS) is 2. The summed E-state index contributed by atoms with van der Waals surface area (Å²) in [7, 11) is 0. The normalized spacial score (nSPS) is 13.4. The summed E-state index contributed by atoms with van der Waals surface area (Å²) in [5.74, 6) is -3.58. The molecule has 0 saturated heterocycles. The second-order valence-electron chi connectivity index (χ2n) is 8.73. The summed E-state index contributed by atoms with van der Waals surface area (Å²) in [6, 6.07) is 6.15. The fourth-order valence-corrected chi connectivity index (χ4v) is 3.36. The average molecular weight is 510 g/mol. The number of phenols is 1. The molecule has 6 N–H and O–H groups in total. The summed E-state index contributed by atoms with van der Waals surface area (Å²) in [6.07, 6.45) is -1.37. The molecule has 2 aromatic carbocycles. The quantitative estimate of drug-likeness (QED) is 0.297. The van der Waals surface area contributed by atoms with E-state index in [1.54, 1.807) is 0 Å². The minimum absolute atomic E-state index is 0.0863. The first-order chi connectivity index (χ1) is 16.8. The first kappa shape index (κ1) is 28.5. The molecule has 0 spiro atoms. The average Bonchev–Trinajstić information content (AvgIpc) is 2.77. The number of β-amino-alcohol motifs (C(OH)–C–C–N with tert-alkyl or cyclic N) is 1. The van der Waals surface area contributed by atoms with Crippen molar-refractivity contribution in [3.63, 3.8) is 0 Å². The number of ether oxygens (including phenoxy) is 1. The summed E-state index contributed by atoms with van der Waals surface area (Å²) in [5.41, 5.74) is 0.365. The van der Waals surface area contributed by atoms with E-state index in [2.05, 4.69) is 10.6 Å². The Morgan fingerprint density at radius 2 is 1.78 bits per heavy atom. The Morgan fingerprint density at radius 3 is 2.36 bits per heavy atom. The van der Waals surface area contributed by atoms with Crippen LogP contribution in [-0.4, -0.2) is 57.0 Å². The van der Waals surface area contributed by atoms with Crippen molar-refractivity contribution in [3.05, 3.63) is 53.1 Å². The summed E-state index contributed by atoms with van der Waals surface area (Å²) >= 11 is 0. The molecule has 196 valence electrons. The molecular weight excluding hydrogens is 482 g/mol.